The van der Waals surface area contributed by atoms with Gasteiger partial charge in [-0.3, -0.25) is 14.4 Å². The van der Waals surface area contributed by atoms with Crippen molar-refractivity contribution in [3.63, 3.8) is 0 Å². The first-order valence-electron chi connectivity index (χ1n) is 9.62. The van der Waals surface area contributed by atoms with Crippen molar-refractivity contribution in [2.45, 2.75) is 19.5 Å². The van der Waals surface area contributed by atoms with Gasteiger partial charge in [0, 0.05) is 23.4 Å². The van der Waals surface area contributed by atoms with E-state index in [1.54, 1.807) is 55.5 Å². The van der Waals surface area contributed by atoms with E-state index in [0.29, 0.717) is 23.4 Å². The fourth-order valence-electron chi connectivity index (χ4n) is 2.78. The summed E-state index contributed by atoms with van der Waals surface area (Å²) in [4.78, 5) is 36.8. The van der Waals surface area contributed by atoms with Crippen LogP contribution in [0.15, 0.2) is 84.9 Å². The predicted molar refractivity (Wildman–Crippen MR) is 116 cm³/mol. The normalized spacial score (nSPS) is 11.2. The lowest BCUT2D eigenvalue weighted by molar-refractivity contribution is -0.122. The Morgan fingerprint density at radius 2 is 1.30 bits per heavy atom. The highest BCUT2D eigenvalue weighted by atomic mass is 16.2. The third-order valence-electron chi connectivity index (χ3n) is 4.49. The zero-order valence-corrected chi connectivity index (χ0v) is 16.6. The minimum absolute atomic E-state index is 0.225. The van der Waals surface area contributed by atoms with Crippen LogP contribution in [-0.2, 0) is 11.3 Å². The van der Waals surface area contributed by atoms with E-state index in [1.165, 1.54) is 0 Å². The number of hydrogen-bond donors (Lipinski definition) is 3. The standard InChI is InChI=1S/C24H23N3O3/c1-17(22(28)25-16-18-8-4-2-5-9-18)26-23(29)20-12-14-21(15-13-20)27-24(30)19-10-6-3-7-11-19/h2-15,17H,16H2,1H3,(H,25,28)(H,26,29)(H,27,30). The predicted octanol–water partition coefficient (Wildman–Crippen LogP) is 3.37. The molecular formula is C24H23N3O3. The highest BCUT2D eigenvalue weighted by Gasteiger charge is 2.16. The maximum Gasteiger partial charge on any atom is 0.255 e. The Balaban J connectivity index is 1.51. The molecule has 0 heterocycles. The van der Waals surface area contributed by atoms with Gasteiger partial charge < -0.3 is 16.0 Å². The molecule has 0 saturated heterocycles. The van der Waals surface area contributed by atoms with Gasteiger partial charge in [0.2, 0.25) is 5.91 Å². The number of carbonyl (C=O) groups is 3. The third kappa shape index (κ3) is 5.78. The number of amides is 3. The van der Waals surface area contributed by atoms with Gasteiger partial charge >= 0.3 is 0 Å². The van der Waals surface area contributed by atoms with Gasteiger partial charge in [0.15, 0.2) is 0 Å². The molecule has 3 aromatic carbocycles. The summed E-state index contributed by atoms with van der Waals surface area (Å²) in [7, 11) is 0. The number of carbonyl (C=O) groups excluding carboxylic acids is 3. The van der Waals surface area contributed by atoms with Gasteiger partial charge in [0.25, 0.3) is 11.8 Å². The first-order valence-corrected chi connectivity index (χ1v) is 9.62. The van der Waals surface area contributed by atoms with Crippen molar-refractivity contribution in [2.24, 2.45) is 0 Å². The molecule has 6 heteroatoms. The molecule has 0 aliphatic heterocycles. The minimum atomic E-state index is -0.682. The van der Waals surface area contributed by atoms with E-state index >= 15 is 0 Å². The molecule has 3 aromatic rings. The molecule has 0 radical (unpaired) electrons. The quantitative estimate of drug-likeness (QED) is 0.567. The molecule has 1 unspecified atom stereocenters. The summed E-state index contributed by atoms with van der Waals surface area (Å²) in [6.07, 6.45) is 0. The maximum atomic E-state index is 12.4. The van der Waals surface area contributed by atoms with E-state index in [1.807, 2.05) is 36.4 Å². The second kappa shape index (κ2) is 10.0. The zero-order valence-electron chi connectivity index (χ0n) is 16.6. The number of rotatable bonds is 7. The highest BCUT2D eigenvalue weighted by molar-refractivity contribution is 6.04. The summed E-state index contributed by atoms with van der Waals surface area (Å²) in [6.45, 7) is 2.03. The Bertz CT molecular complexity index is 1000. The van der Waals surface area contributed by atoms with Crippen molar-refractivity contribution in [1.82, 2.24) is 10.6 Å². The summed E-state index contributed by atoms with van der Waals surface area (Å²) in [5.41, 5.74) is 2.51. The van der Waals surface area contributed by atoms with Crippen LogP contribution in [0.4, 0.5) is 5.69 Å². The third-order valence-corrected chi connectivity index (χ3v) is 4.49. The van der Waals surface area contributed by atoms with E-state index in [9.17, 15) is 14.4 Å². The molecule has 0 aromatic heterocycles. The van der Waals surface area contributed by atoms with Gasteiger partial charge in [-0.05, 0) is 48.9 Å². The van der Waals surface area contributed by atoms with Gasteiger partial charge in [-0.1, -0.05) is 48.5 Å². The fraction of sp³-hybridized carbons (Fsp3) is 0.125. The van der Waals surface area contributed by atoms with Crippen LogP contribution in [0.1, 0.15) is 33.2 Å². The molecule has 0 aliphatic rings. The number of hydrogen-bond acceptors (Lipinski definition) is 3. The lowest BCUT2D eigenvalue weighted by atomic mass is 10.1. The van der Waals surface area contributed by atoms with E-state index < -0.39 is 6.04 Å². The maximum absolute atomic E-state index is 12.4. The molecule has 0 saturated carbocycles. The SMILES string of the molecule is CC(NC(=O)c1ccc(NC(=O)c2ccccc2)cc1)C(=O)NCc1ccccc1. The van der Waals surface area contributed by atoms with Crippen LogP contribution in [0.25, 0.3) is 0 Å². The number of anilines is 1. The molecule has 0 spiro atoms. The van der Waals surface area contributed by atoms with E-state index in [0.717, 1.165) is 5.56 Å². The van der Waals surface area contributed by atoms with Gasteiger partial charge in [0.05, 0.1) is 0 Å². The lowest BCUT2D eigenvalue weighted by Gasteiger charge is -2.14. The van der Waals surface area contributed by atoms with Crippen LogP contribution in [0.5, 0.6) is 0 Å². The van der Waals surface area contributed by atoms with Crippen LogP contribution in [0.3, 0.4) is 0 Å². The van der Waals surface area contributed by atoms with Crippen molar-refractivity contribution in [1.29, 1.82) is 0 Å². The van der Waals surface area contributed by atoms with Crippen molar-refractivity contribution in [3.8, 4) is 0 Å². The van der Waals surface area contributed by atoms with Gasteiger partial charge in [-0.25, -0.2) is 0 Å². The van der Waals surface area contributed by atoms with Crippen LogP contribution in [-0.4, -0.2) is 23.8 Å². The van der Waals surface area contributed by atoms with E-state index in [-0.39, 0.29) is 17.7 Å². The molecule has 6 nitrogen and oxygen atoms in total. The van der Waals surface area contributed by atoms with Crippen LogP contribution in [0.2, 0.25) is 0 Å². The minimum Gasteiger partial charge on any atom is -0.350 e. The average Bonchev–Trinajstić information content (AvgIpc) is 2.79. The largest absolute Gasteiger partial charge is 0.350 e. The molecule has 3 rings (SSSR count). The Hall–Kier alpha value is -3.93. The van der Waals surface area contributed by atoms with Gasteiger partial charge in [-0.2, -0.15) is 0 Å². The summed E-state index contributed by atoms with van der Waals surface area (Å²) < 4.78 is 0. The highest BCUT2D eigenvalue weighted by Crippen LogP contribution is 2.12. The van der Waals surface area contributed by atoms with Crippen molar-refractivity contribution < 1.29 is 14.4 Å². The van der Waals surface area contributed by atoms with Crippen molar-refractivity contribution >= 4 is 23.4 Å². The summed E-state index contributed by atoms with van der Waals surface area (Å²) in [6, 6.07) is 24.2. The summed E-state index contributed by atoms with van der Waals surface area (Å²) in [5.74, 6) is -0.853. The average molecular weight is 401 g/mol. The number of benzene rings is 3. The molecule has 1 atom stereocenters. The second-order valence-electron chi connectivity index (χ2n) is 6.80. The molecule has 0 fully saturated rings. The Labute approximate surface area is 175 Å². The first kappa shape index (κ1) is 20.8. The molecule has 3 N–H and O–H groups in total. The van der Waals surface area contributed by atoms with Gasteiger partial charge in [-0.15, -0.1) is 0 Å². The Morgan fingerprint density at radius 3 is 1.93 bits per heavy atom. The molecule has 152 valence electrons. The summed E-state index contributed by atoms with van der Waals surface area (Å²) in [5, 5.41) is 8.26. The monoisotopic (exact) mass is 401 g/mol. The molecule has 0 aliphatic carbocycles. The van der Waals surface area contributed by atoms with Crippen LogP contribution < -0.4 is 16.0 Å². The van der Waals surface area contributed by atoms with Crippen LogP contribution >= 0.6 is 0 Å². The molecule has 30 heavy (non-hydrogen) atoms. The van der Waals surface area contributed by atoms with E-state index in [2.05, 4.69) is 16.0 Å². The molecular weight excluding hydrogens is 378 g/mol. The zero-order chi connectivity index (χ0) is 21.3. The fourth-order valence-corrected chi connectivity index (χ4v) is 2.78. The van der Waals surface area contributed by atoms with Crippen LogP contribution in [0, 0.1) is 0 Å². The first-order chi connectivity index (χ1) is 14.5. The van der Waals surface area contributed by atoms with Gasteiger partial charge in [0.1, 0.15) is 6.04 Å². The molecule has 3 amide bonds. The Morgan fingerprint density at radius 1 is 0.733 bits per heavy atom. The van der Waals surface area contributed by atoms with Crippen molar-refractivity contribution in [2.75, 3.05) is 5.32 Å². The second-order valence-corrected chi connectivity index (χ2v) is 6.80. The van der Waals surface area contributed by atoms with E-state index in [4.69, 9.17) is 0 Å². The Kier molecular flexibility index (Phi) is 6.95. The lowest BCUT2D eigenvalue weighted by Crippen LogP contribution is -2.44. The summed E-state index contributed by atoms with van der Waals surface area (Å²) >= 11 is 0. The topological polar surface area (TPSA) is 87.3 Å². The number of nitrogens with one attached hydrogen (secondary N) is 3. The molecule has 0 bridgehead atoms. The smallest absolute Gasteiger partial charge is 0.255 e. The van der Waals surface area contributed by atoms with Crippen molar-refractivity contribution in [3.05, 3.63) is 102 Å².